The second kappa shape index (κ2) is 17.0. The van der Waals surface area contributed by atoms with Crippen LogP contribution in [0.3, 0.4) is 0 Å². The minimum atomic E-state index is -0.561. The van der Waals surface area contributed by atoms with Gasteiger partial charge in [0.2, 0.25) is 0 Å². The highest BCUT2D eigenvalue weighted by molar-refractivity contribution is 5.59. The Balaban J connectivity index is 3.50. The summed E-state index contributed by atoms with van der Waals surface area (Å²) in [5.74, 6) is 0.686. The number of hydrogen-bond donors (Lipinski definition) is 2. The summed E-state index contributed by atoms with van der Waals surface area (Å²) in [4.78, 5) is 11.6. The molecule has 0 heterocycles. The van der Waals surface area contributed by atoms with Crippen molar-refractivity contribution in [1.29, 1.82) is 0 Å². The Morgan fingerprint density at radius 1 is 0.708 bits per heavy atom. The Morgan fingerprint density at radius 3 is 1.46 bits per heavy atom. The monoisotopic (exact) mass is 346 g/mol. The molecular weight excluding hydrogens is 308 g/mol. The minimum Gasteiger partial charge on any atom is -0.434 e. The summed E-state index contributed by atoms with van der Waals surface area (Å²) in [5, 5.41) is 17.4. The van der Waals surface area contributed by atoms with E-state index >= 15 is 0 Å². The van der Waals surface area contributed by atoms with Crippen molar-refractivity contribution in [3.05, 3.63) is 0 Å². The molecule has 0 fully saturated rings. The molecule has 0 saturated carbocycles. The fourth-order valence-electron chi connectivity index (χ4n) is 2.55. The van der Waals surface area contributed by atoms with Crippen molar-refractivity contribution in [3.63, 3.8) is 0 Å². The maximum Gasteiger partial charge on any atom is 0.508 e. The van der Waals surface area contributed by atoms with Gasteiger partial charge >= 0.3 is 6.16 Å². The number of carbonyl (C=O) groups excluding carboxylic acids is 1. The first-order chi connectivity index (χ1) is 11.6. The summed E-state index contributed by atoms with van der Waals surface area (Å²) in [6, 6.07) is 0. The van der Waals surface area contributed by atoms with Crippen LogP contribution >= 0.6 is 0 Å². The topological polar surface area (TPSA) is 76.0 Å². The molecule has 0 spiro atoms. The van der Waals surface area contributed by atoms with Gasteiger partial charge < -0.3 is 19.7 Å². The SMILES string of the molecule is CC(CCCCCCO)COC(=O)OCC(C)CCCCCCO. The lowest BCUT2D eigenvalue weighted by Gasteiger charge is -2.14. The van der Waals surface area contributed by atoms with Gasteiger partial charge in [0.05, 0.1) is 13.2 Å². The molecule has 5 nitrogen and oxygen atoms in total. The average molecular weight is 347 g/mol. The fourth-order valence-corrected chi connectivity index (χ4v) is 2.55. The van der Waals surface area contributed by atoms with Gasteiger partial charge in [0.25, 0.3) is 0 Å². The molecule has 0 saturated heterocycles. The van der Waals surface area contributed by atoms with Crippen molar-refractivity contribution < 1.29 is 24.5 Å². The zero-order valence-corrected chi connectivity index (χ0v) is 15.7. The zero-order chi connectivity index (χ0) is 18.0. The molecule has 0 rings (SSSR count). The van der Waals surface area contributed by atoms with Gasteiger partial charge in [-0.3, -0.25) is 0 Å². The predicted octanol–water partition coefficient (Wildman–Crippen LogP) is 4.30. The average Bonchev–Trinajstić information content (AvgIpc) is 2.57. The molecule has 5 heteroatoms. The number of hydrogen-bond acceptors (Lipinski definition) is 5. The first-order valence-electron chi connectivity index (χ1n) is 9.61. The highest BCUT2D eigenvalue weighted by Gasteiger charge is 2.10. The van der Waals surface area contributed by atoms with Crippen molar-refractivity contribution in [2.45, 2.75) is 78.1 Å². The van der Waals surface area contributed by atoms with Crippen LogP contribution in [0.15, 0.2) is 0 Å². The van der Waals surface area contributed by atoms with E-state index in [1.807, 2.05) is 0 Å². The maximum absolute atomic E-state index is 11.6. The summed E-state index contributed by atoms with van der Waals surface area (Å²) in [6.07, 6.45) is 9.80. The van der Waals surface area contributed by atoms with Gasteiger partial charge in [0.1, 0.15) is 0 Å². The highest BCUT2D eigenvalue weighted by atomic mass is 16.7. The summed E-state index contributed by atoms with van der Waals surface area (Å²) >= 11 is 0. The second-order valence-electron chi connectivity index (χ2n) is 6.94. The normalized spacial score (nSPS) is 13.5. The fraction of sp³-hybridized carbons (Fsp3) is 0.947. The Bertz CT molecular complexity index is 257. The molecule has 0 aliphatic heterocycles. The van der Waals surface area contributed by atoms with Gasteiger partial charge in [-0.25, -0.2) is 4.79 Å². The van der Waals surface area contributed by atoms with E-state index in [0.29, 0.717) is 25.0 Å². The van der Waals surface area contributed by atoms with Gasteiger partial charge in [-0.2, -0.15) is 0 Å². The van der Waals surface area contributed by atoms with Gasteiger partial charge in [-0.05, 0) is 37.5 Å². The third kappa shape index (κ3) is 16.1. The largest absolute Gasteiger partial charge is 0.508 e. The van der Waals surface area contributed by atoms with E-state index in [4.69, 9.17) is 19.7 Å². The minimum absolute atomic E-state index is 0.269. The van der Waals surface area contributed by atoms with Gasteiger partial charge in [0.15, 0.2) is 0 Å². The van der Waals surface area contributed by atoms with Crippen molar-refractivity contribution in [2.75, 3.05) is 26.4 Å². The van der Waals surface area contributed by atoms with Crippen LogP contribution in [0, 0.1) is 11.8 Å². The van der Waals surface area contributed by atoms with Crippen molar-refractivity contribution in [3.8, 4) is 0 Å². The molecule has 0 aromatic rings. The van der Waals surface area contributed by atoms with Gasteiger partial charge in [-0.15, -0.1) is 0 Å². The Kier molecular flexibility index (Phi) is 16.5. The second-order valence-corrected chi connectivity index (χ2v) is 6.94. The molecule has 0 amide bonds. The van der Waals surface area contributed by atoms with E-state index in [2.05, 4.69) is 13.8 Å². The lowest BCUT2D eigenvalue weighted by Crippen LogP contribution is -2.16. The number of ether oxygens (including phenoxy) is 2. The molecule has 0 bridgehead atoms. The number of aliphatic hydroxyl groups excluding tert-OH is 2. The van der Waals surface area contributed by atoms with Crippen LogP contribution in [-0.4, -0.2) is 42.8 Å². The molecule has 0 aliphatic carbocycles. The van der Waals surface area contributed by atoms with Crippen molar-refractivity contribution >= 4 is 6.16 Å². The van der Waals surface area contributed by atoms with E-state index in [0.717, 1.165) is 64.2 Å². The van der Waals surface area contributed by atoms with Crippen LogP contribution in [-0.2, 0) is 9.47 Å². The van der Waals surface area contributed by atoms with Crippen LogP contribution in [0.25, 0.3) is 0 Å². The molecular formula is C19H38O5. The highest BCUT2D eigenvalue weighted by Crippen LogP contribution is 2.13. The molecule has 0 aromatic carbocycles. The van der Waals surface area contributed by atoms with Crippen LogP contribution in [0.4, 0.5) is 4.79 Å². The Hall–Kier alpha value is -0.810. The zero-order valence-electron chi connectivity index (χ0n) is 15.7. The third-order valence-electron chi connectivity index (χ3n) is 4.18. The lowest BCUT2D eigenvalue weighted by molar-refractivity contribution is 0.0356. The van der Waals surface area contributed by atoms with Crippen LogP contribution in [0.2, 0.25) is 0 Å². The molecule has 0 radical (unpaired) electrons. The first-order valence-corrected chi connectivity index (χ1v) is 9.61. The van der Waals surface area contributed by atoms with Crippen LogP contribution in [0.1, 0.15) is 78.1 Å². The Morgan fingerprint density at radius 2 is 1.08 bits per heavy atom. The van der Waals surface area contributed by atoms with Crippen molar-refractivity contribution in [2.24, 2.45) is 11.8 Å². The van der Waals surface area contributed by atoms with E-state index in [1.165, 1.54) is 0 Å². The summed E-state index contributed by atoms with van der Waals surface area (Å²) in [7, 11) is 0. The number of aliphatic hydroxyl groups is 2. The number of rotatable bonds is 16. The third-order valence-corrected chi connectivity index (χ3v) is 4.18. The Labute approximate surface area is 147 Å². The lowest BCUT2D eigenvalue weighted by atomic mass is 10.0. The summed E-state index contributed by atoms with van der Waals surface area (Å²) < 4.78 is 10.3. The van der Waals surface area contributed by atoms with E-state index < -0.39 is 6.16 Å². The van der Waals surface area contributed by atoms with E-state index in [9.17, 15) is 4.79 Å². The molecule has 24 heavy (non-hydrogen) atoms. The molecule has 0 aliphatic rings. The standard InChI is InChI=1S/C19H38O5/c1-17(11-7-3-5-9-13-20)15-23-19(22)24-16-18(2)12-8-4-6-10-14-21/h17-18,20-21H,3-16H2,1-2H3. The molecule has 2 atom stereocenters. The maximum atomic E-state index is 11.6. The summed E-state index contributed by atoms with van der Waals surface area (Å²) in [6.45, 7) is 5.52. The number of unbranched alkanes of at least 4 members (excludes halogenated alkanes) is 6. The molecule has 144 valence electrons. The van der Waals surface area contributed by atoms with Crippen LogP contribution in [0.5, 0.6) is 0 Å². The first kappa shape index (κ1) is 23.2. The smallest absolute Gasteiger partial charge is 0.434 e. The molecule has 2 N–H and O–H groups in total. The van der Waals surface area contributed by atoms with Gasteiger partial charge in [-0.1, -0.05) is 52.4 Å². The quantitative estimate of drug-likeness (QED) is 0.322. The summed E-state index contributed by atoms with van der Waals surface area (Å²) in [5.41, 5.74) is 0. The van der Waals surface area contributed by atoms with Gasteiger partial charge in [0, 0.05) is 13.2 Å². The molecule has 2 unspecified atom stereocenters. The predicted molar refractivity (Wildman–Crippen MR) is 96.0 cm³/mol. The van der Waals surface area contributed by atoms with Crippen molar-refractivity contribution in [1.82, 2.24) is 0 Å². The van der Waals surface area contributed by atoms with Crippen LogP contribution < -0.4 is 0 Å². The molecule has 0 aromatic heterocycles. The van der Waals surface area contributed by atoms with E-state index in [-0.39, 0.29) is 13.2 Å². The number of carbonyl (C=O) groups is 1. The van der Waals surface area contributed by atoms with E-state index in [1.54, 1.807) is 0 Å².